The molecule has 10 heteroatoms. The normalized spacial score (nSPS) is 16.6. The van der Waals surface area contributed by atoms with Gasteiger partial charge in [-0.05, 0) is 37.2 Å². The second-order valence-electron chi connectivity index (χ2n) is 7.43. The molecule has 1 N–H and O–H groups in total. The van der Waals surface area contributed by atoms with Gasteiger partial charge in [-0.1, -0.05) is 18.2 Å². The van der Waals surface area contributed by atoms with Crippen molar-refractivity contribution >= 4 is 11.0 Å². The highest BCUT2D eigenvalue weighted by molar-refractivity contribution is 5.76. The van der Waals surface area contributed by atoms with E-state index in [1.54, 1.807) is 9.13 Å². The number of benzene rings is 2. The zero-order chi connectivity index (χ0) is 21.5. The molecule has 1 aliphatic rings. The Morgan fingerprint density at radius 1 is 1.16 bits per heavy atom. The van der Waals surface area contributed by atoms with Crippen LogP contribution >= 0.6 is 0 Å². The van der Waals surface area contributed by atoms with E-state index in [2.05, 4.69) is 15.5 Å². The maximum absolute atomic E-state index is 14.9. The SMILES string of the molecule is O=c1n(Cc2ccc(-c3nnc(C(F)F)o3)cc2F)c2ccccc2n1C1CCNC1. The third-order valence-corrected chi connectivity index (χ3v) is 5.52. The van der Waals surface area contributed by atoms with Crippen LogP contribution in [-0.2, 0) is 6.54 Å². The summed E-state index contributed by atoms with van der Waals surface area (Å²) in [5.74, 6) is -1.61. The van der Waals surface area contributed by atoms with Gasteiger partial charge in [0, 0.05) is 17.7 Å². The Morgan fingerprint density at radius 3 is 2.65 bits per heavy atom. The number of halogens is 3. The van der Waals surface area contributed by atoms with E-state index in [0.29, 0.717) is 6.54 Å². The molecular formula is C21H18F3N5O2. The molecule has 1 atom stereocenters. The van der Waals surface area contributed by atoms with Crippen molar-refractivity contribution in [3.05, 3.63) is 70.2 Å². The molecule has 1 unspecified atom stereocenters. The highest BCUT2D eigenvalue weighted by atomic mass is 19.3. The lowest BCUT2D eigenvalue weighted by atomic mass is 10.1. The first-order chi connectivity index (χ1) is 15.0. The first-order valence-electron chi connectivity index (χ1n) is 9.84. The van der Waals surface area contributed by atoms with Crippen molar-refractivity contribution in [3.8, 4) is 11.5 Å². The fourth-order valence-electron chi connectivity index (χ4n) is 4.02. The van der Waals surface area contributed by atoms with E-state index in [1.165, 1.54) is 12.1 Å². The van der Waals surface area contributed by atoms with Gasteiger partial charge in [0.15, 0.2) is 0 Å². The van der Waals surface area contributed by atoms with Crippen molar-refractivity contribution in [2.24, 2.45) is 0 Å². The van der Waals surface area contributed by atoms with E-state index in [9.17, 15) is 18.0 Å². The minimum absolute atomic E-state index is 0.0325. The first kappa shape index (κ1) is 19.6. The summed E-state index contributed by atoms with van der Waals surface area (Å²) < 4.78 is 48.4. The highest BCUT2D eigenvalue weighted by Gasteiger charge is 2.24. The fraction of sp³-hybridized carbons (Fsp3) is 0.286. The van der Waals surface area contributed by atoms with Gasteiger partial charge < -0.3 is 9.73 Å². The lowest BCUT2D eigenvalue weighted by Gasteiger charge is -2.10. The number of nitrogens with one attached hydrogen (secondary N) is 1. The van der Waals surface area contributed by atoms with Crippen LogP contribution in [0, 0.1) is 5.82 Å². The molecular weight excluding hydrogens is 411 g/mol. The average molecular weight is 429 g/mol. The lowest BCUT2D eigenvalue weighted by molar-refractivity contribution is 0.116. The summed E-state index contributed by atoms with van der Waals surface area (Å²) in [5.41, 5.74) is 1.81. The topological polar surface area (TPSA) is 77.9 Å². The van der Waals surface area contributed by atoms with Crippen molar-refractivity contribution in [2.45, 2.75) is 25.4 Å². The van der Waals surface area contributed by atoms with Gasteiger partial charge in [0.2, 0.25) is 5.89 Å². The van der Waals surface area contributed by atoms with Crippen LogP contribution in [0.5, 0.6) is 0 Å². The second kappa shape index (κ2) is 7.69. The summed E-state index contributed by atoms with van der Waals surface area (Å²) in [4.78, 5) is 13.2. The van der Waals surface area contributed by atoms with Gasteiger partial charge in [-0.15, -0.1) is 10.2 Å². The molecule has 0 radical (unpaired) electrons. The van der Waals surface area contributed by atoms with Crippen molar-refractivity contribution in [3.63, 3.8) is 0 Å². The summed E-state index contributed by atoms with van der Waals surface area (Å²) in [7, 11) is 0. The van der Waals surface area contributed by atoms with Gasteiger partial charge in [-0.3, -0.25) is 9.13 Å². The number of para-hydroxylation sites is 2. The lowest BCUT2D eigenvalue weighted by Crippen LogP contribution is -2.29. The Balaban J connectivity index is 1.51. The van der Waals surface area contributed by atoms with Crippen LogP contribution in [0.3, 0.4) is 0 Å². The quantitative estimate of drug-likeness (QED) is 0.525. The Hall–Kier alpha value is -3.40. The van der Waals surface area contributed by atoms with E-state index in [-0.39, 0.29) is 35.3 Å². The van der Waals surface area contributed by atoms with Crippen LogP contribution in [0.25, 0.3) is 22.5 Å². The molecule has 0 amide bonds. The number of fused-ring (bicyclic) bond motifs is 1. The predicted octanol–water partition coefficient (Wildman–Crippen LogP) is 3.51. The molecule has 5 rings (SSSR count). The van der Waals surface area contributed by atoms with Crippen LogP contribution in [0.4, 0.5) is 13.2 Å². The minimum atomic E-state index is -2.90. The standard InChI is InChI=1S/C21H18F3N5O2/c22-15-9-12(19-26-27-20(31-19)18(23)24)5-6-13(15)11-28-16-3-1-2-4-17(16)29(21(28)30)14-7-8-25-10-14/h1-6,9,14,18,25H,7-8,10-11H2. The summed E-state index contributed by atoms with van der Waals surface area (Å²) in [6.07, 6.45) is -2.05. The Morgan fingerprint density at radius 2 is 1.97 bits per heavy atom. The van der Waals surface area contributed by atoms with E-state index >= 15 is 0 Å². The average Bonchev–Trinajstić information content (AvgIpc) is 3.50. The molecule has 160 valence electrons. The fourth-order valence-corrected chi connectivity index (χ4v) is 4.02. The molecule has 3 heterocycles. The van der Waals surface area contributed by atoms with Crippen molar-refractivity contribution < 1.29 is 17.6 Å². The molecule has 1 saturated heterocycles. The monoisotopic (exact) mass is 429 g/mol. The third kappa shape index (κ3) is 3.42. The molecule has 1 aliphatic heterocycles. The summed E-state index contributed by atoms with van der Waals surface area (Å²) in [6, 6.07) is 11.6. The molecule has 0 spiro atoms. The predicted molar refractivity (Wildman–Crippen MR) is 106 cm³/mol. The van der Waals surface area contributed by atoms with Gasteiger partial charge in [0.1, 0.15) is 5.82 Å². The molecule has 31 heavy (non-hydrogen) atoms. The Labute approximate surface area is 174 Å². The Bertz CT molecular complexity index is 1300. The molecule has 2 aromatic heterocycles. The molecule has 0 aliphatic carbocycles. The summed E-state index contributed by atoms with van der Waals surface area (Å²) in [5, 5.41) is 10.1. The van der Waals surface area contributed by atoms with Gasteiger partial charge in [-0.2, -0.15) is 8.78 Å². The number of imidazole rings is 1. The van der Waals surface area contributed by atoms with Gasteiger partial charge >= 0.3 is 12.1 Å². The zero-order valence-corrected chi connectivity index (χ0v) is 16.3. The van der Waals surface area contributed by atoms with Crippen molar-refractivity contribution in [2.75, 3.05) is 13.1 Å². The van der Waals surface area contributed by atoms with Gasteiger partial charge in [-0.25, -0.2) is 9.18 Å². The highest BCUT2D eigenvalue weighted by Crippen LogP contribution is 2.26. The van der Waals surface area contributed by atoms with Crippen molar-refractivity contribution in [1.29, 1.82) is 0 Å². The van der Waals surface area contributed by atoms with E-state index in [4.69, 9.17) is 4.42 Å². The first-order valence-corrected chi connectivity index (χ1v) is 9.84. The van der Waals surface area contributed by atoms with Crippen molar-refractivity contribution in [1.82, 2.24) is 24.6 Å². The Kier molecular flexibility index (Phi) is 4.85. The third-order valence-electron chi connectivity index (χ3n) is 5.52. The number of rotatable bonds is 5. The molecule has 1 fully saturated rings. The smallest absolute Gasteiger partial charge is 0.329 e. The van der Waals surface area contributed by atoms with Gasteiger partial charge in [0.05, 0.1) is 23.6 Å². The van der Waals surface area contributed by atoms with Gasteiger partial charge in [0.25, 0.3) is 5.89 Å². The van der Waals surface area contributed by atoms with Crippen LogP contribution in [0.2, 0.25) is 0 Å². The second-order valence-corrected chi connectivity index (χ2v) is 7.43. The van der Waals surface area contributed by atoms with E-state index in [1.807, 2.05) is 24.3 Å². The van der Waals surface area contributed by atoms with Crippen LogP contribution in [0.1, 0.15) is 30.3 Å². The molecule has 2 aromatic carbocycles. The maximum Gasteiger partial charge on any atom is 0.329 e. The van der Waals surface area contributed by atoms with Crippen LogP contribution in [0.15, 0.2) is 51.7 Å². The number of aromatic nitrogens is 4. The number of hydrogen-bond donors (Lipinski definition) is 1. The molecule has 0 bridgehead atoms. The minimum Gasteiger partial charge on any atom is -0.415 e. The molecule has 7 nitrogen and oxygen atoms in total. The zero-order valence-electron chi connectivity index (χ0n) is 16.3. The number of nitrogens with zero attached hydrogens (tertiary/aromatic N) is 4. The number of alkyl halides is 2. The number of hydrogen-bond acceptors (Lipinski definition) is 5. The summed E-state index contributed by atoms with van der Waals surface area (Å²) in [6.45, 7) is 1.59. The maximum atomic E-state index is 14.9. The van der Waals surface area contributed by atoms with Crippen LogP contribution < -0.4 is 11.0 Å². The van der Waals surface area contributed by atoms with E-state index in [0.717, 1.165) is 30.1 Å². The van der Waals surface area contributed by atoms with Crippen LogP contribution in [-0.4, -0.2) is 32.4 Å². The van der Waals surface area contributed by atoms with E-state index < -0.39 is 18.1 Å². The molecule has 0 saturated carbocycles. The summed E-state index contributed by atoms with van der Waals surface area (Å²) >= 11 is 0. The largest absolute Gasteiger partial charge is 0.415 e. The molecule has 4 aromatic rings.